The summed E-state index contributed by atoms with van der Waals surface area (Å²) in [5.41, 5.74) is 0. The molecule has 14 heavy (non-hydrogen) atoms. The van der Waals surface area contributed by atoms with Crippen LogP contribution in [0.2, 0.25) is 0 Å². The first-order valence-corrected chi connectivity index (χ1v) is 6.30. The van der Waals surface area contributed by atoms with E-state index >= 15 is 0 Å². The van der Waals surface area contributed by atoms with Crippen molar-refractivity contribution in [1.29, 1.82) is 0 Å². The fourth-order valence-corrected chi connectivity index (χ4v) is 2.73. The molecular weight excluding hydrogens is 172 g/mol. The first kappa shape index (κ1) is 10.4. The van der Waals surface area contributed by atoms with E-state index in [4.69, 9.17) is 0 Å². The third-order valence-corrected chi connectivity index (χ3v) is 3.75. The zero-order valence-corrected chi connectivity index (χ0v) is 9.47. The highest BCUT2D eigenvalue weighted by Crippen LogP contribution is 2.17. The van der Waals surface area contributed by atoms with Crippen LogP contribution in [0.5, 0.6) is 0 Å². The van der Waals surface area contributed by atoms with Crippen molar-refractivity contribution < 1.29 is 0 Å². The number of nitrogens with zero attached hydrogens (tertiary/aromatic N) is 1. The van der Waals surface area contributed by atoms with Gasteiger partial charge in [-0.05, 0) is 57.7 Å². The number of nitrogens with one attached hydrogen (secondary N) is 1. The van der Waals surface area contributed by atoms with Crippen LogP contribution in [0.25, 0.3) is 0 Å². The van der Waals surface area contributed by atoms with E-state index in [1.165, 1.54) is 58.3 Å². The van der Waals surface area contributed by atoms with Gasteiger partial charge < -0.3 is 10.2 Å². The lowest BCUT2D eigenvalue weighted by atomic mass is 10.0. The second kappa shape index (κ2) is 5.13. The summed E-state index contributed by atoms with van der Waals surface area (Å²) in [6.45, 7) is 7.61. The van der Waals surface area contributed by atoms with Crippen LogP contribution in [-0.2, 0) is 0 Å². The van der Waals surface area contributed by atoms with Crippen molar-refractivity contribution >= 4 is 0 Å². The van der Waals surface area contributed by atoms with Gasteiger partial charge >= 0.3 is 0 Å². The lowest BCUT2D eigenvalue weighted by Gasteiger charge is -2.23. The quantitative estimate of drug-likeness (QED) is 0.725. The highest BCUT2D eigenvalue weighted by Gasteiger charge is 2.19. The van der Waals surface area contributed by atoms with Gasteiger partial charge in [0.1, 0.15) is 0 Å². The number of rotatable bonds is 2. The Morgan fingerprint density at radius 1 is 1.14 bits per heavy atom. The first-order valence-electron chi connectivity index (χ1n) is 6.30. The summed E-state index contributed by atoms with van der Waals surface area (Å²) in [5, 5.41) is 3.59. The van der Waals surface area contributed by atoms with Gasteiger partial charge in [0, 0.05) is 12.6 Å². The largest absolute Gasteiger partial charge is 0.313 e. The summed E-state index contributed by atoms with van der Waals surface area (Å²) in [5.74, 6) is 0.955. The zero-order chi connectivity index (χ0) is 9.80. The van der Waals surface area contributed by atoms with E-state index in [0.29, 0.717) is 0 Å². The molecule has 0 aromatic rings. The Hall–Kier alpha value is -0.0800. The van der Waals surface area contributed by atoms with Crippen molar-refractivity contribution in [2.24, 2.45) is 5.92 Å². The van der Waals surface area contributed by atoms with Crippen LogP contribution >= 0.6 is 0 Å². The number of hydrogen-bond donors (Lipinski definition) is 1. The fourth-order valence-electron chi connectivity index (χ4n) is 2.73. The second-order valence-corrected chi connectivity index (χ2v) is 5.13. The van der Waals surface area contributed by atoms with E-state index in [1.54, 1.807) is 0 Å². The molecule has 82 valence electrons. The van der Waals surface area contributed by atoms with E-state index in [9.17, 15) is 0 Å². The minimum Gasteiger partial charge on any atom is -0.313 e. The summed E-state index contributed by atoms with van der Waals surface area (Å²) in [6.07, 6.45) is 7.04. The Morgan fingerprint density at radius 2 is 2.07 bits per heavy atom. The molecule has 2 aliphatic rings. The summed E-state index contributed by atoms with van der Waals surface area (Å²) >= 11 is 0. The molecule has 2 heterocycles. The molecule has 0 aromatic heterocycles. The highest BCUT2D eigenvalue weighted by atomic mass is 15.2. The van der Waals surface area contributed by atoms with E-state index < -0.39 is 0 Å². The molecule has 0 amide bonds. The predicted octanol–water partition coefficient (Wildman–Crippen LogP) is 1.86. The van der Waals surface area contributed by atoms with Gasteiger partial charge in [-0.15, -0.1) is 0 Å². The SMILES string of the molecule is CC1CCCN(C[C@@H]2CCCN2)CC1. The molecule has 1 N–H and O–H groups in total. The molecule has 0 radical (unpaired) electrons. The van der Waals surface area contributed by atoms with Crippen molar-refractivity contribution in [3.05, 3.63) is 0 Å². The molecule has 0 spiro atoms. The van der Waals surface area contributed by atoms with Gasteiger partial charge in [0.2, 0.25) is 0 Å². The average Bonchev–Trinajstić information content (AvgIpc) is 2.58. The third kappa shape index (κ3) is 2.96. The van der Waals surface area contributed by atoms with Gasteiger partial charge in [-0.25, -0.2) is 0 Å². The van der Waals surface area contributed by atoms with Crippen LogP contribution in [0.1, 0.15) is 39.0 Å². The topological polar surface area (TPSA) is 15.3 Å². The smallest absolute Gasteiger partial charge is 0.0195 e. The minimum absolute atomic E-state index is 0.795. The van der Waals surface area contributed by atoms with Crippen LogP contribution in [0.3, 0.4) is 0 Å². The molecule has 1 unspecified atom stereocenters. The first-order chi connectivity index (χ1) is 6.84. The average molecular weight is 196 g/mol. The minimum atomic E-state index is 0.795. The van der Waals surface area contributed by atoms with Gasteiger partial charge in [0.05, 0.1) is 0 Å². The number of likely N-dealkylation sites (tertiary alicyclic amines) is 1. The van der Waals surface area contributed by atoms with Crippen LogP contribution in [0.15, 0.2) is 0 Å². The molecule has 2 aliphatic heterocycles. The van der Waals surface area contributed by atoms with Gasteiger partial charge in [-0.2, -0.15) is 0 Å². The zero-order valence-electron chi connectivity index (χ0n) is 9.47. The molecule has 0 saturated carbocycles. The molecule has 2 atom stereocenters. The monoisotopic (exact) mass is 196 g/mol. The molecular formula is C12H24N2. The second-order valence-electron chi connectivity index (χ2n) is 5.13. The summed E-state index contributed by atoms with van der Waals surface area (Å²) in [7, 11) is 0. The molecule has 2 nitrogen and oxygen atoms in total. The van der Waals surface area contributed by atoms with E-state index in [-0.39, 0.29) is 0 Å². The van der Waals surface area contributed by atoms with Crippen molar-refractivity contribution in [2.75, 3.05) is 26.2 Å². The van der Waals surface area contributed by atoms with Crippen molar-refractivity contribution in [1.82, 2.24) is 10.2 Å². The normalized spacial score (nSPS) is 35.8. The Kier molecular flexibility index (Phi) is 3.82. The summed E-state index contributed by atoms with van der Waals surface area (Å²) in [4.78, 5) is 2.67. The molecule has 2 saturated heterocycles. The Labute approximate surface area is 88.1 Å². The maximum atomic E-state index is 3.59. The van der Waals surface area contributed by atoms with Crippen LogP contribution in [-0.4, -0.2) is 37.1 Å². The number of hydrogen-bond acceptors (Lipinski definition) is 2. The van der Waals surface area contributed by atoms with Crippen molar-refractivity contribution in [2.45, 2.75) is 45.1 Å². The predicted molar refractivity (Wildman–Crippen MR) is 60.5 cm³/mol. The maximum absolute atomic E-state index is 3.59. The Morgan fingerprint density at radius 3 is 2.86 bits per heavy atom. The van der Waals surface area contributed by atoms with Gasteiger partial charge in [0.25, 0.3) is 0 Å². The van der Waals surface area contributed by atoms with E-state index in [0.717, 1.165) is 12.0 Å². The van der Waals surface area contributed by atoms with Gasteiger partial charge in [-0.3, -0.25) is 0 Å². The van der Waals surface area contributed by atoms with E-state index in [2.05, 4.69) is 17.1 Å². The van der Waals surface area contributed by atoms with Crippen molar-refractivity contribution in [3.8, 4) is 0 Å². The fraction of sp³-hybridized carbons (Fsp3) is 1.00. The molecule has 0 aromatic carbocycles. The third-order valence-electron chi connectivity index (χ3n) is 3.75. The Bertz CT molecular complexity index is 164. The standard InChI is InChI=1S/C12H24N2/c1-11-4-3-8-14(9-6-11)10-12-5-2-7-13-12/h11-13H,2-10H2,1H3/t11?,12-/m0/s1. The molecule has 0 aliphatic carbocycles. The van der Waals surface area contributed by atoms with Crippen LogP contribution in [0, 0.1) is 5.92 Å². The summed E-state index contributed by atoms with van der Waals surface area (Å²) in [6, 6.07) is 0.795. The lowest BCUT2D eigenvalue weighted by Crippen LogP contribution is -2.38. The van der Waals surface area contributed by atoms with Gasteiger partial charge in [-0.1, -0.05) is 6.92 Å². The molecule has 0 bridgehead atoms. The lowest BCUT2D eigenvalue weighted by molar-refractivity contribution is 0.256. The molecule has 2 fully saturated rings. The molecule has 2 rings (SSSR count). The van der Waals surface area contributed by atoms with E-state index in [1.807, 2.05) is 0 Å². The highest BCUT2D eigenvalue weighted by molar-refractivity contribution is 4.79. The van der Waals surface area contributed by atoms with Crippen LogP contribution in [0.4, 0.5) is 0 Å². The maximum Gasteiger partial charge on any atom is 0.0195 e. The molecule has 2 heteroatoms. The van der Waals surface area contributed by atoms with Crippen molar-refractivity contribution in [3.63, 3.8) is 0 Å². The van der Waals surface area contributed by atoms with Gasteiger partial charge in [0.15, 0.2) is 0 Å². The summed E-state index contributed by atoms with van der Waals surface area (Å²) < 4.78 is 0. The van der Waals surface area contributed by atoms with Crippen LogP contribution < -0.4 is 5.32 Å². The Balaban J connectivity index is 1.73.